The number of pyridine rings is 2. The van der Waals surface area contributed by atoms with Gasteiger partial charge in [-0.05, 0) is 136 Å². The molecule has 0 aliphatic rings. The van der Waals surface area contributed by atoms with E-state index in [1.165, 1.54) is 80.5 Å². The summed E-state index contributed by atoms with van der Waals surface area (Å²) in [7, 11) is 0. The summed E-state index contributed by atoms with van der Waals surface area (Å²) in [6, 6.07) is 130. The molecule has 5 nitrogen and oxygen atoms in total. The largest absolute Gasteiger partial charge is 0.455 e. The average Bonchev–Trinajstić information content (AvgIpc) is 1.61. The minimum Gasteiger partial charge on any atom is -0.455 e. The van der Waals surface area contributed by atoms with Crippen LogP contribution >= 0.6 is 11.3 Å². The Morgan fingerprint density at radius 1 is 0.230 bits per heavy atom. The van der Waals surface area contributed by atoms with Crippen LogP contribution in [-0.2, 0) is 0 Å². The molecule has 0 unspecified atom stereocenters. The molecule has 0 fully saturated rings. The van der Waals surface area contributed by atoms with E-state index < -0.39 is 0 Å². The molecule has 0 amide bonds. The molecule has 0 saturated heterocycles. The number of furan rings is 1. The number of fused-ring (bicyclic) bond motifs is 12. The Labute approximate surface area is 581 Å². The van der Waals surface area contributed by atoms with E-state index in [4.69, 9.17) is 14.4 Å². The summed E-state index contributed by atoms with van der Waals surface area (Å²) >= 11 is 1.88. The fourth-order valence-corrected chi connectivity index (χ4v) is 16.1. The third-order valence-electron chi connectivity index (χ3n) is 19.6. The molecule has 6 heterocycles. The Balaban J connectivity index is 0.000000139. The molecule has 468 valence electrons. The Hall–Kier alpha value is -13.0. The van der Waals surface area contributed by atoms with Gasteiger partial charge in [-0.2, -0.15) is 0 Å². The molecule has 6 aromatic heterocycles. The van der Waals surface area contributed by atoms with Crippen LogP contribution in [0.25, 0.3) is 187 Å². The second-order valence-corrected chi connectivity index (χ2v) is 26.6. The maximum atomic E-state index is 6.41. The molecule has 100 heavy (non-hydrogen) atoms. The van der Waals surface area contributed by atoms with Gasteiger partial charge in [-0.1, -0.05) is 267 Å². The van der Waals surface area contributed by atoms with Gasteiger partial charge in [-0.15, -0.1) is 11.3 Å². The molecule has 6 heteroatoms. The average molecular weight is 1290 g/mol. The molecule has 0 bridgehead atoms. The minimum absolute atomic E-state index is 0.911. The topological polar surface area (TPSA) is 48.8 Å². The minimum atomic E-state index is 0.911. The second-order valence-electron chi connectivity index (χ2n) is 25.5. The lowest BCUT2D eigenvalue weighted by molar-refractivity contribution is 0.670. The summed E-state index contributed by atoms with van der Waals surface area (Å²) in [6.45, 7) is 0. The maximum Gasteiger partial charge on any atom is 0.143 e. The highest BCUT2D eigenvalue weighted by molar-refractivity contribution is 7.26. The van der Waals surface area contributed by atoms with Crippen LogP contribution < -0.4 is 0 Å². The predicted octanol–water partition coefficient (Wildman–Crippen LogP) is 26.0. The van der Waals surface area contributed by atoms with Gasteiger partial charge in [0.05, 0.1) is 44.8 Å². The Morgan fingerprint density at radius 3 is 1.11 bits per heavy atom. The normalized spacial score (nSPS) is 11.6. The number of benzene rings is 14. The fourth-order valence-electron chi connectivity index (χ4n) is 14.8. The van der Waals surface area contributed by atoms with Crippen molar-refractivity contribution in [3.63, 3.8) is 0 Å². The zero-order valence-electron chi connectivity index (χ0n) is 54.2. The number of hydrogen-bond acceptors (Lipinski definition) is 4. The summed E-state index contributed by atoms with van der Waals surface area (Å²) in [5, 5.41) is 9.87. The van der Waals surface area contributed by atoms with Gasteiger partial charge in [0.25, 0.3) is 0 Å². The molecule has 20 rings (SSSR count). The number of hydrogen-bond donors (Lipinski definition) is 0. The van der Waals surface area contributed by atoms with E-state index in [9.17, 15) is 0 Å². The SMILES string of the molecule is c1ccc(-c2cc(-c3ccccc3)nc(-c3ccc(-n4c5ccccc5c5cc(-c6cccc7c6oc6ccccc67)ccc54)cc3)c2)cc1.c1ccc(-c2cc(-c3ccccc3)nc(-c3ccc(-n4c5ccccc5c5cc(-c6cccc7c6sc6ccccc67)ccc54)cc3)c2)cc1. The van der Waals surface area contributed by atoms with Gasteiger partial charge in [0, 0.05) is 91.7 Å². The fraction of sp³-hybridized carbons (Fsp3) is 0. The summed E-state index contributed by atoms with van der Waals surface area (Å²) in [4.78, 5) is 10.3. The van der Waals surface area contributed by atoms with Crippen molar-refractivity contribution in [2.75, 3.05) is 0 Å². The van der Waals surface area contributed by atoms with Crippen molar-refractivity contribution >= 4 is 97.1 Å². The maximum absolute atomic E-state index is 6.41. The van der Waals surface area contributed by atoms with Gasteiger partial charge in [0.15, 0.2) is 0 Å². The van der Waals surface area contributed by atoms with E-state index in [2.05, 4.69) is 349 Å². The smallest absolute Gasteiger partial charge is 0.143 e. The molecular weight excluding hydrogens is 1230 g/mol. The van der Waals surface area contributed by atoms with E-state index in [0.29, 0.717) is 0 Å². The predicted molar refractivity (Wildman–Crippen MR) is 421 cm³/mol. The quantitative estimate of drug-likeness (QED) is 0.137. The van der Waals surface area contributed by atoms with Gasteiger partial charge in [0.1, 0.15) is 11.2 Å². The monoisotopic (exact) mass is 1290 g/mol. The van der Waals surface area contributed by atoms with E-state index in [0.717, 1.165) is 106 Å². The van der Waals surface area contributed by atoms with Crippen molar-refractivity contribution in [1.82, 2.24) is 19.1 Å². The van der Waals surface area contributed by atoms with Crippen molar-refractivity contribution < 1.29 is 4.42 Å². The van der Waals surface area contributed by atoms with E-state index >= 15 is 0 Å². The first-order valence-corrected chi connectivity index (χ1v) is 34.7. The van der Waals surface area contributed by atoms with E-state index in [-0.39, 0.29) is 0 Å². The molecule has 0 saturated carbocycles. The molecule has 14 aromatic carbocycles. The highest BCUT2D eigenvalue weighted by atomic mass is 32.1. The first-order chi connectivity index (χ1) is 49.6. The van der Waals surface area contributed by atoms with Gasteiger partial charge < -0.3 is 13.6 Å². The molecule has 0 aliphatic heterocycles. The third-order valence-corrected chi connectivity index (χ3v) is 20.8. The van der Waals surface area contributed by atoms with Crippen LogP contribution in [0, 0.1) is 0 Å². The highest BCUT2D eigenvalue weighted by Crippen LogP contribution is 2.44. The number of para-hydroxylation sites is 4. The van der Waals surface area contributed by atoms with Crippen molar-refractivity contribution in [2.24, 2.45) is 0 Å². The summed E-state index contributed by atoms with van der Waals surface area (Å²) in [5.74, 6) is 0. The molecule has 20 aromatic rings. The molecule has 0 spiro atoms. The van der Waals surface area contributed by atoms with Crippen molar-refractivity contribution in [2.45, 2.75) is 0 Å². The second kappa shape index (κ2) is 24.6. The lowest BCUT2D eigenvalue weighted by Crippen LogP contribution is -1.95. The van der Waals surface area contributed by atoms with Crippen molar-refractivity contribution in [1.29, 1.82) is 0 Å². The molecular formula is C94H60N4OS. The Morgan fingerprint density at radius 2 is 0.600 bits per heavy atom. The Kier molecular flexibility index (Phi) is 14.3. The first kappa shape index (κ1) is 58.4. The van der Waals surface area contributed by atoms with Crippen LogP contribution in [0.15, 0.2) is 368 Å². The highest BCUT2D eigenvalue weighted by Gasteiger charge is 2.20. The zero-order valence-corrected chi connectivity index (χ0v) is 55.1. The molecule has 0 atom stereocenters. The third kappa shape index (κ3) is 10.3. The molecule has 0 N–H and O–H groups in total. The summed E-state index contributed by atoms with van der Waals surface area (Å²) < 4.78 is 13.8. The first-order valence-electron chi connectivity index (χ1n) is 33.9. The van der Waals surface area contributed by atoms with Crippen LogP contribution in [0.4, 0.5) is 0 Å². The summed E-state index contributed by atoms with van der Waals surface area (Å²) in [5.41, 5.74) is 26.4. The van der Waals surface area contributed by atoms with Crippen LogP contribution in [0.2, 0.25) is 0 Å². The number of rotatable bonds is 10. The van der Waals surface area contributed by atoms with Gasteiger partial charge in [-0.3, -0.25) is 0 Å². The Bertz CT molecular complexity index is 5980. The number of aromatic nitrogens is 4. The van der Waals surface area contributed by atoms with Gasteiger partial charge in [0.2, 0.25) is 0 Å². The lowest BCUT2D eigenvalue weighted by Gasteiger charge is -2.12. The summed E-state index contributed by atoms with van der Waals surface area (Å²) in [6.07, 6.45) is 0. The lowest BCUT2D eigenvalue weighted by atomic mass is 10.00. The van der Waals surface area contributed by atoms with Crippen LogP contribution in [0.3, 0.4) is 0 Å². The van der Waals surface area contributed by atoms with E-state index in [1.54, 1.807) is 0 Å². The van der Waals surface area contributed by atoms with Crippen molar-refractivity contribution in [3.8, 4) is 101 Å². The van der Waals surface area contributed by atoms with Gasteiger partial charge >= 0.3 is 0 Å². The van der Waals surface area contributed by atoms with Crippen molar-refractivity contribution in [3.05, 3.63) is 364 Å². The van der Waals surface area contributed by atoms with Crippen LogP contribution in [0.5, 0.6) is 0 Å². The van der Waals surface area contributed by atoms with Crippen LogP contribution in [-0.4, -0.2) is 19.1 Å². The van der Waals surface area contributed by atoms with E-state index in [1.807, 2.05) is 35.6 Å². The standard InChI is InChI=1S/C47H30N2O.C47H30N2S/c2*1-3-12-31(13-4-1)35-29-42(32-14-5-2-6-15-32)48-43(30-35)33-22-25-36(26-23-33)49-44-20-9-7-16-38(44)41-28-34(24-27-45(41)49)37-18-11-19-40-39-17-8-10-21-46(39)50-47(37)40/h2*1-30H. The molecule has 0 radical (unpaired) electrons. The van der Waals surface area contributed by atoms with Crippen LogP contribution in [0.1, 0.15) is 0 Å². The molecule has 0 aliphatic carbocycles. The number of thiophene rings is 1. The van der Waals surface area contributed by atoms with Gasteiger partial charge in [-0.25, -0.2) is 9.97 Å². The number of nitrogens with zero attached hydrogens (tertiary/aromatic N) is 4. The zero-order chi connectivity index (χ0) is 66.0.